The van der Waals surface area contributed by atoms with Crippen LogP contribution in [0.1, 0.15) is 11.1 Å². The van der Waals surface area contributed by atoms with Gasteiger partial charge in [-0.05, 0) is 17.5 Å². The zero-order valence-electron chi connectivity index (χ0n) is 10.2. The molecule has 1 amide bonds. The Morgan fingerprint density at radius 2 is 2.06 bits per heavy atom. The highest BCUT2D eigenvalue weighted by Crippen LogP contribution is 2.23. The van der Waals surface area contributed by atoms with E-state index in [4.69, 9.17) is 5.11 Å². The third kappa shape index (κ3) is 2.51. The van der Waals surface area contributed by atoms with Crippen LogP contribution in [0.15, 0.2) is 24.3 Å². The van der Waals surface area contributed by atoms with Crippen molar-refractivity contribution in [3.63, 3.8) is 0 Å². The predicted octanol–water partition coefficient (Wildman–Crippen LogP) is 0.244. The van der Waals surface area contributed by atoms with E-state index in [9.17, 15) is 9.59 Å². The normalized spacial score (nSPS) is 19.1. The van der Waals surface area contributed by atoms with Gasteiger partial charge < -0.3 is 10.4 Å². The van der Waals surface area contributed by atoms with Crippen LogP contribution in [-0.4, -0.2) is 41.5 Å². The molecule has 1 aliphatic rings. The summed E-state index contributed by atoms with van der Waals surface area (Å²) < 4.78 is 0. The van der Waals surface area contributed by atoms with Gasteiger partial charge in [-0.1, -0.05) is 24.3 Å². The van der Waals surface area contributed by atoms with Gasteiger partial charge >= 0.3 is 5.97 Å². The van der Waals surface area contributed by atoms with Crippen molar-refractivity contribution in [1.29, 1.82) is 0 Å². The summed E-state index contributed by atoms with van der Waals surface area (Å²) in [6.07, 6.45) is 0.559. The number of fused-ring (bicyclic) bond motifs is 1. The topological polar surface area (TPSA) is 69.6 Å². The molecule has 1 heterocycles. The molecule has 0 fully saturated rings. The summed E-state index contributed by atoms with van der Waals surface area (Å²) in [4.78, 5) is 24.4. The Morgan fingerprint density at radius 3 is 2.67 bits per heavy atom. The number of likely N-dealkylation sites (N-methyl/N-ethyl adjacent to an activating group) is 1. The molecule has 0 aliphatic carbocycles. The van der Waals surface area contributed by atoms with Gasteiger partial charge in [0.2, 0.25) is 5.91 Å². The molecule has 0 saturated heterocycles. The zero-order chi connectivity index (χ0) is 13.1. The number of aliphatic carboxylic acids is 1. The molecule has 1 atom stereocenters. The van der Waals surface area contributed by atoms with Gasteiger partial charge in [0.15, 0.2) is 0 Å². The second-order valence-corrected chi connectivity index (χ2v) is 4.40. The summed E-state index contributed by atoms with van der Waals surface area (Å²) in [5.74, 6) is -1.05. The van der Waals surface area contributed by atoms with Crippen LogP contribution in [0.25, 0.3) is 0 Å². The number of hydrogen-bond acceptors (Lipinski definition) is 3. The average molecular weight is 248 g/mol. The number of nitrogens with zero attached hydrogens (tertiary/aromatic N) is 1. The summed E-state index contributed by atoms with van der Waals surface area (Å²) in [6.45, 7) is 0.382. The molecule has 0 bridgehead atoms. The van der Waals surface area contributed by atoms with Crippen molar-refractivity contribution in [1.82, 2.24) is 10.2 Å². The molecule has 0 radical (unpaired) electrons. The fraction of sp³-hybridized carbons (Fsp3) is 0.385. The third-order valence-electron chi connectivity index (χ3n) is 3.23. The van der Waals surface area contributed by atoms with Gasteiger partial charge in [0.25, 0.3) is 0 Å². The highest BCUT2D eigenvalue weighted by atomic mass is 16.4. The van der Waals surface area contributed by atoms with Gasteiger partial charge in [-0.25, -0.2) is 0 Å². The number of carbonyl (C=O) groups excluding carboxylic acids is 1. The Hall–Kier alpha value is -1.88. The molecule has 0 spiro atoms. The molecule has 18 heavy (non-hydrogen) atoms. The molecule has 0 saturated carbocycles. The van der Waals surface area contributed by atoms with E-state index in [0.717, 1.165) is 11.1 Å². The van der Waals surface area contributed by atoms with Crippen molar-refractivity contribution < 1.29 is 14.7 Å². The van der Waals surface area contributed by atoms with E-state index in [-0.39, 0.29) is 12.5 Å². The Morgan fingerprint density at radius 1 is 1.39 bits per heavy atom. The Labute approximate surface area is 105 Å². The maximum absolute atomic E-state index is 11.8. The van der Waals surface area contributed by atoms with Crippen LogP contribution in [-0.2, 0) is 22.6 Å². The second-order valence-electron chi connectivity index (χ2n) is 4.40. The van der Waals surface area contributed by atoms with Gasteiger partial charge in [0.05, 0.1) is 12.6 Å². The summed E-state index contributed by atoms with van der Waals surface area (Å²) in [5.41, 5.74) is 2.21. The lowest BCUT2D eigenvalue weighted by Crippen LogP contribution is -2.51. The molecular weight excluding hydrogens is 232 g/mol. The Balaban J connectivity index is 2.27. The number of carboxylic acids is 1. The maximum Gasteiger partial charge on any atom is 0.317 e. The first kappa shape index (κ1) is 12.6. The number of hydrogen-bond donors (Lipinski definition) is 2. The largest absolute Gasteiger partial charge is 0.480 e. The molecule has 1 unspecified atom stereocenters. The van der Waals surface area contributed by atoms with Crippen LogP contribution in [0.2, 0.25) is 0 Å². The zero-order valence-corrected chi connectivity index (χ0v) is 10.2. The summed E-state index contributed by atoms with van der Waals surface area (Å²) in [7, 11) is 1.57. The van der Waals surface area contributed by atoms with Crippen molar-refractivity contribution in [2.24, 2.45) is 0 Å². The number of carboxylic acid groups (broad SMARTS) is 1. The van der Waals surface area contributed by atoms with Gasteiger partial charge in [-0.2, -0.15) is 0 Å². The smallest absolute Gasteiger partial charge is 0.317 e. The Bertz CT molecular complexity index is 473. The van der Waals surface area contributed by atoms with Gasteiger partial charge in [0.1, 0.15) is 0 Å². The Kier molecular flexibility index (Phi) is 3.62. The summed E-state index contributed by atoms with van der Waals surface area (Å²) in [5, 5.41) is 11.5. The van der Waals surface area contributed by atoms with E-state index in [2.05, 4.69) is 5.32 Å². The van der Waals surface area contributed by atoms with E-state index >= 15 is 0 Å². The predicted molar refractivity (Wildman–Crippen MR) is 66.0 cm³/mol. The first-order chi connectivity index (χ1) is 8.61. The van der Waals surface area contributed by atoms with Crippen molar-refractivity contribution >= 4 is 11.9 Å². The van der Waals surface area contributed by atoms with Crippen molar-refractivity contribution in [3.8, 4) is 0 Å². The third-order valence-corrected chi connectivity index (χ3v) is 3.23. The first-order valence-electron chi connectivity index (χ1n) is 5.86. The number of nitrogens with one attached hydrogen (secondary N) is 1. The molecular formula is C13H16N2O3. The SMILES string of the molecule is CNC(=O)C1Cc2ccccc2CN1CC(=O)O. The monoisotopic (exact) mass is 248 g/mol. The fourth-order valence-electron chi connectivity index (χ4n) is 2.34. The van der Waals surface area contributed by atoms with Crippen molar-refractivity contribution in [2.75, 3.05) is 13.6 Å². The summed E-state index contributed by atoms with van der Waals surface area (Å²) in [6, 6.07) is 7.43. The van der Waals surface area contributed by atoms with Crippen LogP contribution < -0.4 is 5.32 Å². The van der Waals surface area contributed by atoms with E-state index in [1.54, 1.807) is 11.9 Å². The van der Waals surface area contributed by atoms with Gasteiger partial charge in [-0.3, -0.25) is 14.5 Å². The standard InChI is InChI=1S/C13H16N2O3/c1-14-13(18)11-6-9-4-2-3-5-10(9)7-15(11)8-12(16)17/h2-5,11H,6-8H2,1H3,(H,14,18)(H,16,17). The number of benzene rings is 1. The first-order valence-corrected chi connectivity index (χ1v) is 5.86. The van der Waals surface area contributed by atoms with E-state index in [1.807, 2.05) is 24.3 Å². The van der Waals surface area contributed by atoms with E-state index in [1.165, 1.54) is 0 Å². The molecule has 5 nitrogen and oxygen atoms in total. The minimum Gasteiger partial charge on any atom is -0.480 e. The average Bonchev–Trinajstić information content (AvgIpc) is 2.36. The lowest BCUT2D eigenvalue weighted by molar-refractivity contribution is -0.140. The molecule has 0 aromatic heterocycles. The molecule has 2 rings (SSSR count). The minimum atomic E-state index is -0.914. The molecule has 1 aromatic carbocycles. The summed E-state index contributed by atoms with van der Waals surface area (Å²) >= 11 is 0. The lowest BCUT2D eigenvalue weighted by Gasteiger charge is -2.34. The molecule has 1 aromatic rings. The van der Waals surface area contributed by atoms with Crippen LogP contribution in [0, 0.1) is 0 Å². The number of amides is 1. The van der Waals surface area contributed by atoms with Crippen molar-refractivity contribution in [2.45, 2.75) is 19.0 Å². The maximum atomic E-state index is 11.8. The minimum absolute atomic E-state index is 0.119. The van der Waals surface area contributed by atoms with Crippen molar-refractivity contribution in [3.05, 3.63) is 35.4 Å². The molecule has 96 valence electrons. The lowest BCUT2D eigenvalue weighted by atomic mass is 9.93. The molecule has 5 heteroatoms. The van der Waals surface area contributed by atoms with Crippen LogP contribution >= 0.6 is 0 Å². The second kappa shape index (κ2) is 5.18. The van der Waals surface area contributed by atoms with Gasteiger partial charge in [0, 0.05) is 13.6 Å². The number of carbonyl (C=O) groups is 2. The highest BCUT2D eigenvalue weighted by Gasteiger charge is 2.31. The van der Waals surface area contributed by atoms with E-state index < -0.39 is 12.0 Å². The van der Waals surface area contributed by atoms with Gasteiger partial charge in [-0.15, -0.1) is 0 Å². The fourth-order valence-corrected chi connectivity index (χ4v) is 2.34. The molecule has 1 aliphatic heterocycles. The molecule has 2 N–H and O–H groups in total. The van der Waals surface area contributed by atoms with E-state index in [0.29, 0.717) is 13.0 Å². The van der Waals surface area contributed by atoms with Crippen LogP contribution in [0.3, 0.4) is 0 Å². The quantitative estimate of drug-likeness (QED) is 0.804. The number of rotatable bonds is 3. The highest BCUT2D eigenvalue weighted by molar-refractivity contribution is 5.83. The van der Waals surface area contributed by atoms with Crippen LogP contribution in [0.4, 0.5) is 0 Å². The van der Waals surface area contributed by atoms with Crippen LogP contribution in [0.5, 0.6) is 0 Å².